The predicted molar refractivity (Wildman–Crippen MR) is 178 cm³/mol. The van der Waals surface area contributed by atoms with Crippen molar-refractivity contribution < 1.29 is 55.3 Å². The molecule has 2 aromatic heterocycles. The fourth-order valence-electron chi connectivity index (χ4n) is 3.73. The molecule has 1 amide bonds. The first-order valence-electron chi connectivity index (χ1n) is 15.2. The van der Waals surface area contributed by atoms with E-state index in [9.17, 15) is 56.2 Å². The molecule has 16 nitrogen and oxygen atoms in total. The van der Waals surface area contributed by atoms with Crippen molar-refractivity contribution in [2.75, 3.05) is 0 Å². The SMILES string of the molecule is CC(C)(C)N=C=O.Cc1cc(Oc2ccc(C(F)(F)F)cc2[N+](=O)[O-])n[nH]1.Cc1cc(Oc2ccc(C(F)(F)F)cc2[N+](=O)[O-])nn1C(=O)NC(C)(C)C. The molecule has 0 radical (unpaired) electrons. The van der Waals surface area contributed by atoms with Gasteiger partial charge in [0.2, 0.25) is 29.3 Å². The standard InChI is InChI=1S/C16H17F3N4O4.C11H8F3N3O3.C5H9NO/c1-9-7-13(21-22(9)14(24)20-15(2,3)4)27-12-6-5-10(16(17,18)19)8-11(12)23(25)26;1-6-4-10(16-15-6)20-9-3-2-7(11(12,13)14)5-8(9)17(18)19;1-5(2,3)6-4-7/h5-8H,1-4H3,(H,20,24);2-5H,1H3,(H,15,16);1-3H3. The van der Waals surface area contributed by atoms with Gasteiger partial charge in [0.05, 0.1) is 32.2 Å². The Balaban J connectivity index is 0.000000327. The maximum absolute atomic E-state index is 12.7. The Morgan fingerprint density at radius 1 is 0.815 bits per heavy atom. The number of aliphatic imine (C=N–C) groups is 1. The summed E-state index contributed by atoms with van der Waals surface area (Å²) in [6.07, 6.45) is -7.91. The average molecular weight is 773 g/mol. The van der Waals surface area contributed by atoms with E-state index >= 15 is 0 Å². The summed E-state index contributed by atoms with van der Waals surface area (Å²) in [6, 6.07) is 6.16. The average Bonchev–Trinajstić information content (AvgIpc) is 3.59. The van der Waals surface area contributed by atoms with Crippen LogP contribution < -0.4 is 14.8 Å². The summed E-state index contributed by atoms with van der Waals surface area (Å²) in [6.45, 7) is 14.1. The third-order valence-corrected chi connectivity index (χ3v) is 6.00. The van der Waals surface area contributed by atoms with Crippen LogP contribution in [0.2, 0.25) is 0 Å². The molecule has 54 heavy (non-hydrogen) atoms. The van der Waals surface area contributed by atoms with Crippen molar-refractivity contribution in [3.05, 3.63) is 91.3 Å². The topological polar surface area (TPSA) is 210 Å². The van der Waals surface area contributed by atoms with E-state index in [0.717, 1.165) is 16.8 Å². The van der Waals surface area contributed by atoms with Gasteiger partial charge in [-0.15, -0.1) is 10.2 Å². The number of nitro benzene ring substituents is 2. The fraction of sp³-hybridized carbons (Fsp3) is 0.375. The first-order chi connectivity index (χ1) is 24.6. The Hall–Kier alpha value is -6.31. The van der Waals surface area contributed by atoms with Gasteiger partial charge in [-0.1, -0.05) is 0 Å². The largest absolute Gasteiger partial charge is 0.430 e. The molecule has 0 aliphatic carbocycles. The maximum Gasteiger partial charge on any atom is 0.416 e. The first kappa shape index (κ1) is 43.9. The number of halogens is 6. The molecule has 2 aromatic carbocycles. The number of nitrogens with zero attached hydrogens (tertiary/aromatic N) is 6. The number of hydrogen-bond acceptors (Lipinski definition) is 11. The van der Waals surface area contributed by atoms with Gasteiger partial charge in [-0.3, -0.25) is 25.3 Å². The number of ether oxygens (including phenoxy) is 2. The lowest BCUT2D eigenvalue weighted by Crippen LogP contribution is -2.43. The molecule has 4 rings (SSSR count). The molecule has 292 valence electrons. The van der Waals surface area contributed by atoms with Crippen molar-refractivity contribution in [3.63, 3.8) is 0 Å². The van der Waals surface area contributed by atoms with Gasteiger partial charge in [-0.2, -0.15) is 31.0 Å². The highest BCUT2D eigenvalue weighted by molar-refractivity contribution is 5.77. The fourth-order valence-corrected chi connectivity index (χ4v) is 3.73. The zero-order valence-electron chi connectivity index (χ0n) is 29.8. The summed E-state index contributed by atoms with van der Waals surface area (Å²) in [5.41, 5.74) is -3.68. The lowest BCUT2D eigenvalue weighted by atomic mass is 10.1. The third kappa shape index (κ3) is 13.7. The van der Waals surface area contributed by atoms with Crippen LogP contribution in [0.15, 0.2) is 53.5 Å². The van der Waals surface area contributed by atoms with Gasteiger partial charge < -0.3 is 14.8 Å². The van der Waals surface area contributed by atoms with Crippen LogP contribution in [-0.4, -0.2) is 53.0 Å². The van der Waals surface area contributed by atoms with Crippen LogP contribution >= 0.6 is 0 Å². The predicted octanol–water partition coefficient (Wildman–Crippen LogP) is 8.83. The second-order valence-electron chi connectivity index (χ2n) is 13.1. The van der Waals surface area contributed by atoms with Crippen molar-refractivity contribution in [3.8, 4) is 23.3 Å². The first-order valence-corrected chi connectivity index (χ1v) is 15.2. The maximum atomic E-state index is 12.7. The Kier molecular flexibility index (Phi) is 13.8. The van der Waals surface area contributed by atoms with Crippen molar-refractivity contribution in [1.82, 2.24) is 25.3 Å². The molecule has 0 saturated heterocycles. The summed E-state index contributed by atoms with van der Waals surface area (Å²) in [7, 11) is 0. The molecule has 2 heterocycles. The zero-order valence-corrected chi connectivity index (χ0v) is 29.8. The number of isocyanates is 1. The number of nitro groups is 2. The number of carbonyl (C=O) groups is 1. The summed E-state index contributed by atoms with van der Waals surface area (Å²) in [5.74, 6) is -0.867. The summed E-state index contributed by atoms with van der Waals surface area (Å²) < 4.78 is 87.1. The Bertz CT molecular complexity index is 2020. The number of amides is 1. The smallest absolute Gasteiger partial charge is 0.416 e. The molecule has 0 fully saturated rings. The molecule has 0 unspecified atom stereocenters. The molecule has 0 spiro atoms. The zero-order chi connectivity index (χ0) is 41.4. The third-order valence-electron chi connectivity index (χ3n) is 6.00. The molecule has 0 saturated carbocycles. The number of carbonyl (C=O) groups excluding carboxylic acids is 2. The highest BCUT2D eigenvalue weighted by Crippen LogP contribution is 2.39. The van der Waals surface area contributed by atoms with Crippen molar-refractivity contribution in [2.45, 2.75) is 78.8 Å². The molecule has 0 aliphatic heterocycles. The van der Waals surface area contributed by atoms with Crippen LogP contribution in [0.25, 0.3) is 0 Å². The highest BCUT2D eigenvalue weighted by Gasteiger charge is 2.35. The minimum atomic E-state index is -4.73. The van der Waals surface area contributed by atoms with Gasteiger partial charge in [0.25, 0.3) is 0 Å². The number of H-pyrrole nitrogens is 1. The second-order valence-corrected chi connectivity index (χ2v) is 13.1. The van der Waals surface area contributed by atoms with Crippen LogP contribution in [0, 0.1) is 34.1 Å². The number of benzene rings is 2. The Labute approximate surface area is 302 Å². The van der Waals surface area contributed by atoms with E-state index < -0.39 is 62.0 Å². The monoisotopic (exact) mass is 772 g/mol. The lowest BCUT2D eigenvalue weighted by Gasteiger charge is -2.20. The van der Waals surface area contributed by atoms with E-state index in [1.54, 1.807) is 34.6 Å². The van der Waals surface area contributed by atoms with E-state index in [4.69, 9.17) is 9.47 Å². The van der Waals surface area contributed by atoms with Gasteiger partial charge in [0.15, 0.2) is 0 Å². The molecule has 0 atom stereocenters. The highest BCUT2D eigenvalue weighted by atomic mass is 19.4. The van der Waals surface area contributed by atoms with Gasteiger partial charge in [0.1, 0.15) is 0 Å². The quantitative estimate of drug-likeness (QED) is 0.0625. The molecule has 22 heteroatoms. The van der Waals surface area contributed by atoms with Gasteiger partial charge >= 0.3 is 29.8 Å². The molecule has 4 aromatic rings. The minimum absolute atomic E-state index is 0.0327. The number of aryl methyl sites for hydroxylation is 2. The van der Waals surface area contributed by atoms with E-state index in [0.29, 0.717) is 35.7 Å². The number of aromatic nitrogens is 4. The number of nitrogens with one attached hydrogen (secondary N) is 2. The van der Waals surface area contributed by atoms with Crippen LogP contribution in [0.4, 0.5) is 42.5 Å². The van der Waals surface area contributed by atoms with E-state index in [2.05, 4.69) is 25.6 Å². The van der Waals surface area contributed by atoms with Crippen molar-refractivity contribution in [1.29, 1.82) is 0 Å². The van der Waals surface area contributed by atoms with E-state index in [-0.39, 0.29) is 23.0 Å². The summed E-state index contributed by atoms with van der Waals surface area (Å²) in [5, 5.41) is 34.7. The van der Waals surface area contributed by atoms with Crippen molar-refractivity contribution in [2.24, 2.45) is 4.99 Å². The van der Waals surface area contributed by atoms with Gasteiger partial charge in [-0.05, 0) is 79.7 Å². The molecular formula is C32H34F6N8O8. The van der Waals surface area contributed by atoms with Gasteiger partial charge in [-0.25, -0.2) is 14.6 Å². The van der Waals surface area contributed by atoms with Gasteiger partial charge in [0, 0.05) is 35.5 Å². The number of alkyl halides is 6. The van der Waals surface area contributed by atoms with E-state index in [1.165, 1.54) is 18.2 Å². The van der Waals surface area contributed by atoms with Crippen LogP contribution in [0.3, 0.4) is 0 Å². The number of aromatic amines is 1. The summed E-state index contributed by atoms with van der Waals surface area (Å²) in [4.78, 5) is 45.2. The number of hydrogen-bond donors (Lipinski definition) is 2. The minimum Gasteiger partial charge on any atom is -0.430 e. The van der Waals surface area contributed by atoms with Crippen LogP contribution in [-0.2, 0) is 17.1 Å². The lowest BCUT2D eigenvalue weighted by molar-refractivity contribution is -0.386. The van der Waals surface area contributed by atoms with E-state index in [1.807, 2.05) is 20.8 Å². The van der Waals surface area contributed by atoms with Crippen molar-refractivity contribution >= 4 is 23.5 Å². The normalized spacial score (nSPS) is 11.5. The Morgan fingerprint density at radius 2 is 1.28 bits per heavy atom. The number of rotatable bonds is 6. The van der Waals surface area contributed by atoms with Crippen LogP contribution in [0.5, 0.6) is 23.3 Å². The molecule has 0 bridgehead atoms. The molecular weight excluding hydrogens is 738 g/mol. The second kappa shape index (κ2) is 17.0. The molecule has 2 N–H and O–H groups in total. The molecule has 0 aliphatic rings. The van der Waals surface area contributed by atoms with Crippen LogP contribution in [0.1, 0.15) is 64.1 Å². The summed E-state index contributed by atoms with van der Waals surface area (Å²) >= 11 is 0. The Morgan fingerprint density at radius 3 is 1.61 bits per heavy atom.